The van der Waals surface area contributed by atoms with Crippen LogP contribution < -0.4 is 4.74 Å². The van der Waals surface area contributed by atoms with Gasteiger partial charge in [0.15, 0.2) is 11.0 Å². The van der Waals surface area contributed by atoms with Crippen molar-refractivity contribution in [3.8, 4) is 28.6 Å². The van der Waals surface area contributed by atoms with Crippen LogP contribution in [0.2, 0.25) is 0 Å². The molecule has 8 heteroatoms. The van der Waals surface area contributed by atoms with Gasteiger partial charge in [-0.15, -0.1) is 20.4 Å². The van der Waals surface area contributed by atoms with Crippen LogP contribution in [0.1, 0.15) is 23.6 Å². The average molecular weight is 407 g/mol. The summed E-state index contributed by atoms with van der Waals surface area (Å²) in [6, 6.07) is 15.8. The van der Waals surface area contributed by atoms with Crippen LogP contribution >= 0.6 is 11.8 Å². The maximum atomic E-state index is 5.89. The first-order valence-corrected chi connectivity index (χ1v) is 10.0. The van der Waals surface area contributed by atoms with Crippen LogP contribution in [0.5, 0.6) is 5.75 Å². The molecule has 0 saturated heterocycles. The molecule has 4 rings (SSSR count). The average Bonchev–Trinajstić information content (AvgIpc) is 3.36. The van der Waals surface area contributed by atoms with Crippen LogP contribution in [-0.4, -0.2) is 32.1 Å². The number of para-hydroxylation sites is 1. The molecule has 0 bridgehead atoms. The third kappa shape index (κ3) is 3.88. The van der Waals surface area contributed by atoms with E-state index in [2.05, 4.69) is 20.4 Å². The standard InChI is InChI=1S/C21H21N5O2S/c1-13-9-11-15(12-10-13)20-24-23-19(28-20)14(2)29-21-25-22-18(26(21)3)16-7-5-6-8-17(16)27-4/h5-12,14H,1-4H3/t14-/m1/s1. The van der Waals surface area contributed by atoms with Gasteiger partial charge in [-0.2, -0.15) is 0 Å². The minimum Gasteiger partial charge on any atom is -0.496 e. The lowest BCUT2D eigenvalue weighted by Crippen LogP contribution is -1.98. The number of benzene rings is 2. The summed E-state index contributed by atoms with van der Waals surface area (Å²) in [5.74, 6) is 2.56. The molecule has 0 unspecified atom stereocenters. The fourth-order valence-electron chi connectivity index (χ4n) is 2.90. The summed E-state index contributed by atoms with van der Waals surface area (Å²) >= 11 is 1.52. The summed E-state index contributed by atoms with van der Waals surface area (Å²) < 4.78 is 13.3. The first-order chi connectivity index (χ1) is 14.1. The largest absolute Gasteiger partial charge is 0.496 e. The molecule has 0 fully saturated rings. The van der Waals surface area contributed by atoms with Crippen molar-refractivity contribution in [2.24, 2.45) is 7.05 Å². The fourth-order valence-corrected chi connectivity index (χ4v) is 3.75. The Labute approximate surface area is 173 Å². The second-order valence-electron chi connectivity index (χ2n) is 6.64. The molecule has 0 spiro atoms. The Bertz CT molecular complexity index is 1120. The van der Waals surface area contributed by atoms with Gasteiger partial charge < -0.3 is 13.7 Å². The van der Waals surface area contributed by atoms with Crippen LogP contribution in [0.3, 0.4) is 0 Å². The van der Waals surface area contributed by atoms with E-state index in [1.165, 1.54) is 17.3 Å². The molecule has 2 aromatic carbocycles. The SMILES string of the molecule is COc1ccccc1-c1nnc(S[C@H](C)c2nnc(-c3ccc(C)cc3)o2)n1C. The molecule has 0 saturated carbocycles. The van der Waals surface area contributed by atoms with E-state index in [-0.39, 0.29) is 5.25 Å². The summed E-state index contributed by atoms with van der Waals surface area (Å²) in [6.07, 6.45) is 0. The minimum absolute atomic E-state index is 0.0740. The zero-order valence-corrected chi connectivity index (χ0v) is 17.5. The fraction of sp³-hybridized carbons (Fsp3) is 0.238. The Kier molecular flexibility index (Phi) is 5.35. The maximum Gasteiger partial charge on any atom is 0.247 e. The van der Waals surface area contributed by atoms with Crippen molar-refractivity contribution >= 4 is 11.8 Å². The lowest BCUT2D eigenvalue weighted by molar-refractivity contribution is 0.416. The lowest BCUT2D eigenvalue weighted by Gasteiger charge is -2.09. The van der Waals surface area contributed by atoms with Gasteiger partial charge in [-0.25, -0.2) is 0 Å². The van der Waals surface area contributed by atoms with Gasteiger partial charge in [-0.3, -0.25) is 0 Å². The smallest absolute Gasteiger partial charge is 0.247 e. The monoisotopic (exact) mass is 407 g/mol. The number of rotatable bonds is 6. The van der Waals surface area contributed by atoms with E-state index in [0.29, 0.717) is 11.8 Å². The second kappa shape index (κ2) is 8.08. The predicted octanol–water partition coefficient (Wildman–Crippen LogP) is 4.70. The van der Waals surface area contributed by atoms with Crippen molar-refractivity contribution in [3.63, 3.8) is 0 Å². The zero-order valence-electron chi connectivity index (χ0n) is 16.7. The van der Waals surface area contributed by atoms with Gasteiger partial charge in [-0.05, 0) is 38.1 Å². The minimum atomic E-state index is -0.0740. The van der Waals surface area contributed by atoms with Crippen LogP contribution in [0.15, 0.2) is 58.1 Å². The van der Waals surface area contributed by atoms with E-state index in [1.807, 2.05) is 74.0 Å². The van der Waals surface area contributed by atoms with Crippen molar-refractivity contribution in [2.45, 2.75) is 24.3 Å². The highest BCUT2D eigenvalue weighted by Gasteiger charge is 2.21. The molecule has 0 aliphatic rings. The van der Waals surface area contributed by atoms with E-state index in [9.17, 15) is 0 Å². The molecule has 0 aliphatic heterocycles. The summed E-state index contributed by atoms with van der Waals surface area (Å²) in [4.78, 5) is 0. The van der Waals surface area contributed by atoms with Crippen molar-refractivity contribution < 1.29 is 9.15 Å². The molecule has 0 N–H and O–H groups in total. The molecule has 7 nitrogen and oxygen atoms in total. The highest BCUT2D eigenvalue weighted by molar-refractivity contribution is 7.99. The van der Waals surface area contributed by atoms with Gasteiger partial charge in [0.1, 0.15) is 5.75 Å². The molecule has 29 heavy (non-hydrogen) atoms. The van der Waals surface area contributed by atoms with Gasteiger partial charge >= 0.3 is 0 Å². The third-order valence-corrected chi connectivity index (χ3v) is 5.67. The van der Waals surface area contributed by atoms with Crippen molar-refractivity contribution in [1.82, 2.24) is 25.0 Å². The summed E-state index contributed by atoms with van der Waals surface area (Å²) in [5.41, 5.74) is 2.98. The first kappa shape index (κ1) is 19.2. The number of thioether (sulfide) groups is 1. The van der Waals surface area contributed by atoms with Crippen LogP contribution in [0.25, 0.3) is 22.8 Å². The van der Waals surface area contributed by atoms with Gasteiger partial charge in [-0.1, -0.05) is 41.6 Å². The number of nitrogens with zero attached hydrogens (tertiary/aromatic N) is 5. The van der Waals surface area contributed by atoms with Gasteiger partial charge in [0.2, 0.25) is 11.8 Å². The van der Waals surface area contributed by atoms with Crippen molar-refractivity contribution in [3.05, 3.63) is 60.0 Å². The number of methoxy groups -OCH3 is 1. The topological polar surface area (TPSA) is 78.9 Å². The molecule has 1 atom stereocenters. The van der Waals surface area contributed by atoms with Crippen LogP contribution in [-0.2, 0) is 7.05 Å². The Morgan fingerprint density at radius 2 is 1.76 bits per heavy atom. The van der Waals surface area contributed by atoms with E-state index in [0.717, 1.165) is 27.9 Å². The number of hydrogen-bond acceptors (Lipinski definition) is 7. The summed E-state index contributed by atoms with van der Waals surface area (Å²) in [7, 11) is 3.58. The van der Waals surface area contributed by atoms with Gasteiger partial charge in [0, 0.05) is 12.6 Å². The van der Waals surface area contributed by atoms with Crippen molar-refractivity contribution in [2.75, 3.05) is 7.11 Å². The van der Waals surface area contributed by atoms with Crippen LogP contribution in [0, 0.1) is 6.92 Å². The molecule has 2 heterocycles. The zero-order chi connectivity index (χ0) is 20.4. The molecule has 4 aromatic rings. The summed E-state index contributed by atoms with van der Waals surface area (Å²) in [5, 5.41) is 17.8. The molecule has 0 aliphatic carbocycles. The Balaban J connectivity index is 1.54. The molecular formula is C21H21N5O2S. The third-order valence-electron chi connectivity index (χ3n) is 4.55. The molecule has 0 amide bonds. The number of aromatic nitrogens is 5. The lowest BCUT2D eigenvalue weighted by atomic mass is 10.1. The number of aryl methyl sites for hydroxylation is 1. The van der Waals surface area contributed by atoms with E-state index < -0.39 is 0 Å². The van der Waals surface area contributed by atoms with E-state index >= 15 is 0 Å². The molecule has 2 aromatic heterocycles. The Hall–Kier alpha value is -3.13. The molecular weight excluding hydrogens is 386 g/mol. The van der Waals surface area contributed by atoms with Crippen LogP contribution in [0.4, 0.5) is 0 Å². The van der Waals surface area contributed by atoms with Gasteiger partial charge in [0.25, 0.3) is 0 Å². The maximum absolute atomic E-state index is 5.89. The van der Waals surface area contributed by atoms with Crippen molar-refractivity contribution in [1.29, 1.82) is 0 Å². The quantitative estimate of drug-likeness (QED) is 0.429. The number of hydrogen-bond donors (Lipinski definition) is 0. The van der Waals surface area contributed by atoms with Gasteiger partial charge in [0.05, 0.1) is 17.9 Å². The highest BCUT2D eigenvalue weighted by Crippen LogP contribution is 2.36. The highest BCUT2D eigenvalue weighted by atomic mass is 32.2. The molecule has 0 radical (unpaired) electrons. The van der Waals surface area contributed by atoms with E-state index in [1.54, 1.807) is 7.11 Å². The normalized spacial score (nSPS) is 12.1. The second-order valence-corrected chi connectivity index (χ2v) is 7.94. The summed E-state index contributed by atoms with van der Waals surface area (Å²) in [6.45, 7) is 4.05. The Morgan fingerprint density at radius 3 is 2.52 bits per heavy atom. The first-order valence-electron chi connectivity index (χ1n) is 9.16. The number of ether oxygens (including phenoxy) is 1. The Morgan fingerprint density at radius 1 is 1.00 bits per heavy atom. The predicted molar refractivity (Wildman–Crippen MR) is 112 cm³/mol. The molecule has 148 valence electrons. The van der Waals surface area contributed by atoms with E-state index in [4.69, 9.17) is 9.15 Å².